The first-order chi connectivity index (χ1) is 8.54. The van der Waals surface area contributed by atoms with Gasteiger partial charge in [-0.2, -0.15) is 14.0 Å². The molecule has 0 N–H and O–H groups in total. The van der Waals surface area contributed by atoms with Crippen LogP contribution in [0.2, 0.25) is 0 Å². The van der Waals surface area contributed by atoms with Crippen LogP contribution < -0.4 is 4.74 Å². The number of hydrogen-bond acceptors (Lipinski definition) is 4. The van der Waals surface area contributed by atoms with E-state index >= 15 is 0 Å². The van der Waals surface area contributed by atoms with Crippen molar-refractivity contribution in [2.45, 2.75) is 11.9 Å². The van der Waals surface area contributed by atoms with E-state index in [0.29, 0.717) is 0 Å². The summed E-state index contributed by atoms with van der Waals surface area (Å²) >= 11 is 3.07. The van der Waals surface area contributed by atoms with E-state index in [2.05, 4.69) is 25.4 Å². The molecule has 0 radical (unpaired) electrons. The summed E-state index contributed by atoms with van der Waals surface area (Å²) in [4.78, 5) is 11.6. The van der Waals surface area contributed by atoms with Crippen molar-refractivity contribution in [1.29, 1.82) is 5.26 Å². The first kappa shape index (κ1) is 14.4. The van der Waals surface area contributed by atoms with E-state index in [1.807, 2.05) is 0 Å². The Bertz CT molecular complexity index is 500. The lowest BCUT2D eigenvalue weighted by Crippen LogP contribution is -2.11. The van der Waals surface area contributed by atoms with Gasteiger partial charge >= 0.3 is 12.6 Å². The van der Waals surface area contributed by atoms with Gasteiger partial charge in [0.25, 0.3) is 0 Å². The van der Waals surface area contributed by atoms with Gasteiger partial charge in [0.15, 0.2) is 0 Å². The minimum absolute atomic E-state index is 0.0397. The molecule has 1 rings (SSSR count). The SMILES string of the molecule is COC(=O)c1c(C#N)ccc(OC(F)F)c1CBr. The molecule has 1 aromatic rings. The molecule has 0 amide bonds. The van der Waals surface area contributed by atoms with E-state index in [1.165, 1.54) is 12.1 Å². The predicted molar refractivity (Wildman–Crippen MR) is 61.8 cm³/mol. The molecule has 0 saturated heterocycles. The summed E-state index contributed by atoms with van der Waals surface area (Å²) in [5, 5.41) is 8.97. The lowest BCUT2D eigenvalue weighted by Gasteiger charge is -2.13. The molecule has 4 nitrogen and oxygen atoms in total. The Kier molecular flexibility index (Phi) is 5.04. The Hall–Kier alpha value is -1.68. The Morgan fingerprint density at radius 2 is 2.22 bits per heavy atom. The number of hydrogen-bond donors (Lipinski definition) is 0. The Labute approximate surface area is 110 Å². The third-order valence-electron chi connectivity index (χ3n) is 2.13. The fourth-order valence-electron chi connectivity index (χ4n) is 1.40. The molecule has 0 fully saturated rings. The summed E-state index contributed by atoms with van der Waals surface area (Å²) in [5.41, 5.74) is 0.120. The summed E-state index contributed by atoms with van der Waals surface area (Å²) < 4.78 is 33.2. The number of nitriles is 1. The number of methoxy groups -OCH3 is 1. The molecule has 7 heteroatoms. The van der Waals surface area contributed by atoms with Gasteiger partial charge in [-0.25, -0.2) is 4.79 Å². The summed E-state index contributed by atoms with van der Waals surface area (Å²) in [5.74, 6) is -0.943. The molecule has 0 aliphatic heterocycles. The molecule has 1 aromatic carbocycles. The van der Waals surface area contributed by atoms with Gasteiger partial charge in [0, 0.05) is 10.9 Å². The van der Waals surface area contributed by atoms with Crippen LogP contribution in [0.3, 0.4) is 0 Å². The standard InChI is InChI=1S/C11H8BrF2NO3/c1-17-10(16)9-6(5-15)2-3-8(7(9)4-12)18-11(13)14/h2-3,11H,4H2,1H3. The van der Waals surface area contributed by atoms with Gasteiger partial charge in [-0.1, -0.05) is 15.9 Å². The van der Waals surface area contributed by atoms with Crippen LogP contribution in [-0.2, 0) is 10.1 Å². The van der Waals surface area contributed by atoms with E-state index in [-0.39, 0.29) is 27.8 Å². The summed E-state index contributed by atoms with van der Waals surface area (Å²) in [7, 11) is 1.14. The van der Waals surface area contributed by atoms with Gasteiger partial charge in [0.1, 0.15) is 11.8 Å². The zero-order valence-corrected chi connectivity index (χ0v) is 10.8. The van der Waals surface area contributed by atoms with E-state index in [1.54, 1.807) is 6.07 Å². The minimum atomic E-state index is -3.01. The predicted octanol–water partition coefficient (Wildman–Crippen LogP) is 2.84. The maximum atomic E-state index is 12.2. The number of ether oxygens (including phenoxy) is 2. The highest BCUT2D eigenvalue weighted by molar-refractivity contribution is 9.08. The van der Waals surface area contributed by atoms with Crippen molar-refractivity contribution < 1.29 is 23.0 Å². The van der Waals surface area contributed by atoms with Crippen LogP contribution in [0.4, 0.5) is 8.78 Å². The van der Waals surface area contributed by atoms with Crippen LogP contribution in [0.15, 0.2) is 12.1 Å². The lowest BCUT2D eigenvalue weighted by atomic mass is 10.0. The van der Waals surface area contributed by atoms with Crippen LogP contribution in [0.25, 0.3) is 0 Å². The third kappa shape index (κ3) is 2.96. The molecule has 0 aliphatic carbocycles. The van der Waals surface area contributed by atoms with Crippen LogP contribution in [0, 0.1) is 11.3 Å². The van der Waals surface area contributed by atoms with Gasteiger partial charge in [0.05, 0.1) is 18.2 Å². The summed E-state index contributed by atoms with van der Waals surface area (Å²) in [6, 6.07) is 4.25. The zero-order valence-electron chi connectivity index (χ0n) is 9.25. The fraction of sp³-hybridized carbons (Fsp3) is 0.273. The largest absolute Gasteiger partial charge is 0.465 e. The zero-order chi connectivity index (χ0) is 13.7. The van der Waals surface area contributed by atoms with E-state index in [0.717, 1.165) is 7.11 Å². The van der Waals surface area contributed by atoms with Crippen LogP contribution in [-0.4, -0.2) is 19.7 Å². The fourth-order valence-corrected chi connectivity index (χ4v) is 1.95. The first-order valence-electron chi connectivity index (χ1n) is 4.70. The Morgan fingerprint density at radius 1 is 1.56 bits per heavy atom. The number of halogens is 3. The maximum Gasteiger partial charge on any atom is 0.387 e. The highest BCUT2D eigenvalue weighted by Crippen LogP contribution is 2.29. The smallest absolute Gasteiger partial charge is 0.387 e. The maximum absolute atomic E-state index is 12.2. The number of benzene rings is 1. The Morgan fingerprint density at radius 3 is 2.67 bits per heavy atom. The minimum Gasteiger partial charge on any atom is -0.465 e. The average Bonchev–Trinajstić information content (AvgIpc) is 2.36. The van der Waals surface area contributed by atoms with Crippen molar-refractivity contribution >= 4 is 21.9 Å². The topological polar surface area (TPSA) is 59.3 Å². The number of alkyl halides is 3. The monoisotopic (exact) mass is 319 g/mol. The highest BCUT2D eigenvalue weighted by Gasteiger charge is 2.22. The van der Waals surface area contributed by atoms with Crippen molar-refractivity contribution in [2.24, 2.45) is 0 Å². The van der Waals surface area contributed by atoms with Gasteiger partial charge in [-0.3, -0.25) is 0 Å². The van der Waals surface area contributed by atoms with Gasteiger partial charge in [-0.15, -0.1) is 0 Å². The van der Waals surface area contributed by atoms with Crippen LogP contribution in [0.5, 0.6) is 5.75 Å². The number of esters is 1. The molecule has 0 saturated carbocycles. The van der Waals surface area contributed by atoms with Crippen LogP contribution >= 0.6 is 15.9 Å². The van der Waals surface area contributed by atoms with Crippen molar-refractivity contribution in [2.75, 3.05) is 7.11 Å². The normalized spacial score (nSPS) is 10.0. The van der Waals surface area contributed by atoms with Crippen molar-refractivity contribution in [3.05, 3.63) is 28.8 Å². The second kappa shape index (κ2) is 6.31. The lowest BCUT2D eigenvalue weighted by molar-refractivity contribution is -0.0504. The molecule has 0 heterocycles. The first-order valence-corrected chi connectivity index (χ1v) is 5.82. The number of nitrogens with zero attached hydrogens (tertiary/aromatic N) is 1. The quantitative estimate of drug-likeness (QED) is 0.632. The Balaban J connectivity index is 3.43. The van der Waals surface area contributed by atoms with Gasteiger partial charge < -0.3 is 9.47 Å². The van der Waals surface area contributed by atoms with E-state index in [4.69, 9.17) is 5.26 Å². The van der Waals surface area contributed by atoms with Crippen molar-refractivity contribution in [1.82, 2.24) is 0 Å². The molecular formula is C11H8BrF2NO3. The molecule has 0 unspecified atom stereocenters. The molecule has 18 heavy (non-hydrogen) atoms. The van der Waals surface area contributed by atoms with Crippen molar-refractivity contribution in [3.63, 3.8) is 0 Å². The molecule has 0 bridgehead atoms. The van der Waals surface area contributed by atoms with Gasteiger partial charge in [0.2, 0.25) is 0 Å². The molecule has 96 valence electrons. The second-order valence-corrected chi connectivity index (χ2v) is 3.64. The summed E-state index contributed by atoms with van der Waals surface area (Å²) in [6.45, 7) is -3.01. The van der Waals surface area contributed by atoms with Gasteiger partial charge in [-0.05, 0) is 12.1 Å². The average molecular weight is 320 g/mol. The van der Waals surface area contributed by atoms with E-state index < -0.39 is 12.6 Å². The van der Waals surface area contributed by atoms with Crippen LogP contribution in [0.1, 0.15) is 21.5 Å². The highest BCUT2D eigenvalue weighted by atomic mass is 79.9. The number of carbonyl (C=O) groups excluding carboxylic acids is 1. The van der Waals surface area contributed by atoms with E-state index in [9.17, 15) is 13.6 Å². The van der Waals surface area contributed by atoms with Crippen molar-refractivity contribution in [3.8, 4) is 11.8 Å². The number of rotatable bonds is 4. The third-order valence-corrected chi connectivity index (χ3v) is 2.69. The second-order valence-electron chi connectivity index (χ2n) is 3.08. The summed E-state index contributed by atoms with van der Waals surface area (Å²) in [6.07, 6.45) is 0. The molecule has 0 spiro atoms. The molecule has 0 atom stereocenters. The molecule has 0 aromatic heterocycles. The molecule has 0 aliphatic rings. The molecular weight excluding hydrogens is 312 g/mol. The number of carbonyl (C=O) groups is 1.